The molecule has 1 saturated heterocycles. The van der Waals surface area contributed by atoms with Gasteiger partial charge in [-0.3, -0.25) is 9.69 Å². The summed E-state index contributed by atoms with van der Waals surface area (Å²) in [6, 6.07) is 2.71. The molecular weight excluding hydrogens is 300 g/mol. The van der Waals surface area contributed by atoms with Gasteiger partial charge in [-0.05, 0) is 48.7 Å². The molecule has 1 amide bonds. The van der Waals surface area contributed by atoms with Gasteiger partial charge in [0, 0.05) is 24.0 Å². The molecule has 2 unspecified atom stereocenters. The summed E-state index contributed by atoms with van der Waals surface area (Å²) in [7, 11) is 0. The molecule has 1 fully saturated rings. The number of aryl methyl sites for hydroxylation is 1. The van der Waals surface area contributed by atoms with Gasteiger partial charge in [0.25, 0.3) is 0 Å². The fourth-order valence-corrected chi connectivity index (χ4v) is 5.87. The summed E-state index contributed by atoms with van der Waals surface area (Å²) in [5, 5.41) is 2.19. The minimum absolute atomic E-state index is 0.0513. The number of likely N-dealkylation sites (tertiary alicyclic amines) is 1. The Morgan fingerprint density at radius 3 is 3.00 bits per heavy atom. The Kier molecular flexibility index (Phi) is 4.92. The molecule has 1 aromatic heterocycles. The van der Waals surface area contributed by atoms with Crippen LogP contribution in [0.2, 0.25) is 0 Å². The van der Waals surface area contributed by atoms with Crippen molar-refractivity contribution >= 4 is 29.0 Å². The highest BCUT2D eigenvalue weighted by Gasteiger charge is 2.35. The topological polar surface area (TPSA) is 23.6 Å². The predicted octanol–water partition coefficient (Wildman–Crippen LogP) is 3.02. The minimum atomic E-state index is 0.0513. The smallest absolute Gasteiger partial charge is 0.240 e. The van der Waals surface area contributed by atoms with Gasteiger partial charge in [0.1, 0.15) is 5.25 Å². The standard InChI is InChI=1S/C16H24N2OS2/c1-3-17(4-2)12-5-8-18(11-12)16(19)15-13-6-9-20-14(13)7-10-21-15/h6,9,12,15H,3-5,7-8,10-11H2,1-2H3. The summed E-state index contributed by atoms with van der Waals surface area (Å²) in [6.07, 6.45) is 2.25. The number of thioether (sulfide) groups is 1. The van der Waals surface area contributed by atoms with Gasteiger partial charge in [-0.1, -0.05) is 13.8 Å². The number of rotatable bonds is 4. The van der Waals surface area contributed by atoms with Crippen LogP contribution >= 0.6 is 23.1 Å². The van der Waals surface area contributed by atoms with E-state index in [1.807, 2.05) is 23.1 Å². The van der Waals surface area contributed by atoms with E-state index < -0.39 is 0 Å². The van der Waals surface area contributed by atoms with Crippen molar-refractivity contribution < 1.29 is 4.79 Å². The Hall–Kier alpha value is -0.520. The van der Waals surface area contributed by atoms with Gasteiger partial charge in [0.15, 0.2) is 0 Å². The van der Waals surface area contributed by atoms with Gasteiger partial charge >= 0.3 is 0 Å². The second kappa shape index (κ2) is 6.71. The first-order valence-electron chi connectivity index (χ1n) is 7.95. The van der Waals surface area contributed by atoms with Gasteiger partial charge < -0.3 is 4.90 Å². The minimum Gasteiger partial charge on any atom is -0.340 e. The lowest BCUT2D eigenvalue weighted by molar-refractivity contribution is -0.129. The maximum atomic E-state index is 12.9. The molecule has 5 heteroatoms. The molecular formula is C16H24N2OS2. The molecule has 0 saturated carbocycles. The average Bonchev–Trinajstić information content (AvgIpc) is 3.16. The molecule has 0 N–H and O–H groups in total. The van der Waals surface area contributed by atoms with Crippen LogP contribution in [0.5, 0.6) is 0 Å². The number of amides is 1. The first-order chi connectivity index (χ1) is 10.2. The van der Waals surface area contributed by atoms with Crippen LogP contribution in [0.25, 0.3) is 0 Å². The van der Waals surface area contributed by atoms with Crippen molar-refractivity contribution in [3.8, 4) is 0 Å². The van der Waals surface area contributed by atoms with Crippen LogP contribution in [-0.2, 0) is 11.2 Å². The Balaban J connectivity index is 1.68. The zero-order valence-electron chi connectivity index (χ0n) is 12.9. The van der Waals surface area contributed by atoms with Crippen LogP contribution in [0.3, 0.4) is 0 Å². The van der Waals surface area contributed by atoms with Crippen molar-refractivity contribution in [3.05, 3.63) is 21.9 Å². The number of hydrogen-bond donors (Lipinski definition) is 0. The lowest BCUT2D eigenvalue weighted by Crippen LogP contribution is -2.39. The molecule has 0 spiro atoms. The summed E-state index contributed by atoms with van der Waals surface area (Å²) >= 11 is 3.64. The summed E-state index contributed by atoms with van der Waals surface area (Å²) < 4.78 is 0. The van der Waals surface area contributed by atoms with E-state index in [2.05, 4.69) is 35.1 Å². The molecule has 2 aliphatic rings. The van der Waals surface area contributed by atoms with Crippen molar-refractivity contribution in [2.75, 3.05) is 31.9 Å². The van der Waals surface area contributed by atoms with Crippen molar-refractivity contribution in [1.29, 1.82) is 0 Å². The first kappa shape index (κ1) is 15.4. The summed E-state index contributed by atoms with van der Waals surface area (Å²) in [4.78, 5) is 18.9. The highest BCUT2D eigenvalue weighted by molar-refractivity contribution is 8.00. The second-order valence-electron chi connectivity index (χ2n) is 5.75. The molecule has 0 bridgehead atoms. The molecule has 1 aromatic rings. The lowest BCUT2D eigenvalue weighted by Gasteiger charge is -2.28. The van der Waals surface area contributed by atoms with E-state index >= 15 is 0 Å². The Labute approximate surface area is 135 Å². The number of thiophene rings is 1. The van der Waals surface area contributed by atoms with Crippen LogP contribution in [0, 0.1) is 0 Å². The monoisotopic (exact) mass is 324 g/mol. The molecule has 0 radical (unpaired) electrons. The molecule has 2 atom stereocenters. The van der Waals surface area contributed by atoms with Crippen molar-refractivity contribution in [2.45, 2.75) is 38.0 Å². The molecule has 3 rings (SSSR count). The predicted molar refractivity (Wildman–Crippen MR) is 91.1 cm³/mol. The molecule has 0 aromatic carbocycles. The maximum Gasteiger partial charge on any atom is 0.240 e. The van der Waals surface area contributed by atoms with Crippen molar-refractivity contribution in [1.82, 2.24) is 9.80 Å². The molecule has 3 nitrogen and oxygen atoms in total. The number of likely N-dealkylation sites (N-methyl/N-ethyl adjacent to an activating group) is 1. The SMILES string of the molecule is CCN(CC)C1CCN(C(=O)C2SCCc3sccc32)C1. The summed E-state index contributed by atoms with van der Waals surface area (Å²) in [6.45, 7) is 8.42. The number of carbonyl (C=O) groups excluding carboxylic acids is 1. The third-order valence-corrected chi connectivity index (χ3v) is 6.93. The molecule has 21 heavy (non-hydrogen) atoms. The van der Waals surface area contributed by atoms with Gasteiger partial charge in [0.2, 0.25) is 5.91 Å². The normalized spacial score (nSPS) is 25.4. The fraction of sp³-hybridized carbons (Fsp3) is 0.688. The van der Waals surface area contributed by atoms with Crippen LogP contribution in [0.4, 0.5) is 0 Å². The zero-order chi connectivity index (χ0) is 14.8. The van der Waals surface area contributed by atoms with E-state index in [0.717, 1.165) is 44.8 Å². The van der Waals surface area contributed by atoms with E-state index in [1.165, 1.54) is 10.4 Å². The summed E-state index contributed by atoms with van der Waals surface area (Å²) in [5.41, 5.74) is 1.28. The van der Waals surface area contributed by atoms with Gasteiger partial charge in [-0.15, -0.1) is 23.1 Å². The second-order valence-corrected chi connectivity index (χ2v) is 7.96. The van der Waals surface area contributed by atoms with Crippen LogP contribution in [0.1, 0.15) is 36.0 Å². The Morgan fingerprint density at radius 2 is 2.24 bits per heavy atom. The highest BCUT2D eigenvalue weighted by atomic mass is 32.2. The van der Waals surface area contributed by atoms with E-state index in [1.54, 1.807) is 0 Å². The fourth-order valence-electron chi connectivity index (χ4n) is 3.50. The number of fused-ring (bicyclic) bond motifs is 1. The van der Waals surface area contributed by atoms with Crippen LogP contribution < -0.4 is 0 Å². The van der Waals surface area contributed by atoms with E-state index in [0.29, 0.717) is 11.9 Å². The van der Waals surface area contributed by atoms with E-state index in [4.69, 9.17) is 0 Å². The van der Waals surface area contributed by atoms with Gasteiger partial charge in [0.05, 0.1) is 0 Å². The molecule has 2 aliphatic heterocycles. The number of carbonyl (C=O) groups is 1. The quantitative estimate of drug-likeness (QED) is 0.850. The van der Waals surface area contributed by atoms with Gasteiger partial charge in [-0.2, -0.15) is 0 Å². The number of nitrogens with zero attached hydrogens (tertiary/aromatic N) is 2. The molecule has 3 heterocycles. The van der Waals surface area contributed by atoms with Crippen LogP contribution in [0.15, 0.2) is 11.4 Å². The Bertz CT molecular complexity index is 498. The molecule has 0 aliphatic carbocycles. The largest absolute Gasteiger partial charge is 0.340 e. The zero-order valence-corrected chi connectivity index (χ0v) is 14.5. The van der Waals surface area contributed by atoms with E-state index in [9.17, 15) is 4.79 Å². The third-order valence-electron chi connectivity index (χ3n) is 4.70. The third kappa shape index (κ3) is 3.01. The maximum absolute atomic E-state index is 12.9. The van der Waals surface area contributed by atoms with Crippen molar-refractivity contribution in [2.24, 2.45) is 0 Å². The van der Waals surface area contributed by atoms with Gasteiger partial charge in [-0.25, -0.2) is 0 Å². The lowest BCUT2D eigenvalue weighted by atomic mass is 10.1. The molecule has 116 valence electrons. The average molecular weight is 325 g/mol. The number of hydrogen-bond acceptors (Lipinski definition) is 4. The van der Waals surface area contributed by atoms with E-state index in [-0.39, 0.29) is 5.25 Å². The highest BCUT2D eigenvalue weighted by Crippen LogP contribution is 2.41. The Morgan fingerprint density at radius 1 is 1.43 bits per heavy atom. The first-order valence-corrected chi connectivity index (χ1v) is 9.88. The van der Waals surface area contributed by atoms with Crippen molar-refractivity contribution in [3.63, 3.8) is 0 Å². The van der Waals surface area contributed by atoms with Crippen LogP contribution in [-0.4, -0.2) is 53.7 Å². The summed E-state index contributed by atoms with van der Waals surface area (Å²) in [5.74, 6) is 1.42.